The lowest BCUT2D eigenvalue weighted by Crippen LogP contribution is -2.23. The molecule has 1 fully saturated rings. The quantitative estimate of drug-likeness (QED) is 0.850. The van der Waals surface area contributed by atoms with E-state index < -0.39 is 5.97 Å². The van der Waals surface area contributed by atoms with Gasteiger partial charge in [-0.25, -0.2) is 9.79 Å². The van der Waals surface area contributed by atoms with Gasteiger partial charge in [0.2, 0.25) is 0 Å². The summed E-state index contributed by atoms with van der Waals surface area (Å²) in [6.07, 6.45) is 1.82. The minimum atomic E-state index is -1.05. The highest BCUT2D eigenvalue weighted by Gasteiger charge is 2.30. The smallest absolute Gasteiger partial charge is 0.337 e. The number of amides is 1. The lowest BCUT2D eigenvalue weighted by molar-refractivity contribution is -0.121. The summed E-state index contributed by atoms with van der Waals surface area (Å²) in [4.78, 5) is 30.1. The van der Waals surface area contributed by atoms with E-state index >= 15 is 0 Å². The van der Waals surface area contributed by atoms with E-state index in [1.165, 1.54) is 22.7 Å². The van der Waals surface area contributed by atoms with Gasteiger partial charge in [-0.05, 0) is 42.5 Å². The minimum absolute atomic E-state index is 0.104. The summed E-state index contributed by atoms with van der Waals surface area (Å²) in [6.45, 7) is 1.99. The SMILES string of the molecule is Cc1cccc(/C=C2\SC(=Nc3ccccc3C(=O)O)N(C)C2=O)c1. The third-order valence-corrected chi connectivity index (χ3v) is 4.75. The van der Waals surface area contributed by atoms with Crippen LogP contribution in [0.25, 0.3) is 6.08 Å². The van der Waals surface area contributed by atoms with Crippen LogP contribution < -0.4 is 0 Å². The molecule has 2 aromatic carbocycles. The molecule has 3 rings (SSSR count). The number of aryl methyl sites for hydroxylation is 1. The molecule has 1 saturated heterocycles. The first-order valence-electron chi connectivity index (χ1n) is 7.61. The Bertz CT molecular complexity index is 918. The summed E-state index contributed by atoms with van der Waals surface area (Å²) < 4.78 is 0. The Morgan fingerprint density at radius 2 is 1.96 bits per heavy atom. The van der Waals surface area contributed by atoms with E-state index in [1.807, 2.05) is 37.3 Å². The van der Waals surface area contributed by atoms with Gasteiger partial charge in [0.1, 0.15) is 0 Å². The number of rotatable bonds is 3. The predicted octanol–water partition coefficient (Wildman–Crippen LogP) is 3.93. The number of para-hydroxylation sites is 1. The summed E-state index contributed by atoms with van der Waals surface area (Å²) >= 11 is 1.24. The topological polar surface area (TPSA) is 70.0 Å². The number of carbonyl (C=O) groups is 2. The van der Waals surface area contributed by atoms with Crippen LogP contribution in [0.3, 0.4) is 0 Å². The molecule has 1 aliphatic rings. The molecule has 0 aliphatic carbocycles. The van der Waals surface area contributed by atoms with Gasteiger partial charge in [-0.2, -0.15) is 0 Å². The molecule has 0 saturated carbocycles. The van der Waals surface area contributed by atoms with E-state index in [4.69, 9.17) is 0 Å². The summed E-state index contributed by atoms with van der Waals surface area (Å²) in [5, 5.41) is 9.72. The number of likely N-dealkylation sites (N-methyl/N-ethyl adjacent to an activating group) is 1. The maximum atomic E-state index is 12.5. The number of nitrogens with zero attached hydrogens (tertiary/aromatic N) is 2. The van der Waals surface area contributed by atoms with E-state index in [2.05, 4.69) is 4.99 Å². The Kier molecular flexibility index (Phi) is 4.72. The zero-order valence-electron chi connectivity index (χ0n) is 13.8. The number of amidine groups is 1. The molecule has 1 aliphatic heterocycles. The molecule has 1 N–H and O–H groups in total. The van der Waals surface area contributed by atoms with E-state index in [1.54, 1.807) is 25.2 Å². The van der Waals surface area contributed by atoms with Crippen molar-refractivity contribution in [3.05, 3.63) is 70.1 Å². The van der Waals surface area contributed by atoms with Crippen molar-refractivity contribution in [1.82, 2.24) is 4.90 Å². The van der Waals surface area contributed by atoms with Crippen LogP contribution in [-0.4, -0.2) is 34.1 Å². The molecule has 6 heteroatoms. The highest BCUT2D eigenvalue weighted by molar-refractivity contribution is 8.18. The predicted molar refractivity (Wildman–Crippen MR) is 100 cm³/mol. The molecule has 0 aromatic heterocycles. The summed E-state index contributed by atoms with van der Waals surface area (Å²) in [5.41, 5.74) is 2.49. The van der Waals surface area contributed by atoms with E-state index in [9.17, 15) is 14.7 Å². The second-order valence-corrected chi connectivity index (χ2v) is 6.61. The molecule has 0 spiro atoms. The standard InChI is InChI=1S/C19H16N2O3S/c1-12-6-5-7-13(10-12)11-16-17(22)21(2)19(25-16)20-15-9-4-3-8-14(15)18(23)24/h3-11H,1-2H3,(H,23,24)/b16-11-,20-19?. The van der Waals surface area contributed by atoms with Crippen LogP contribution in [0.1, 0.15) is 21.5 Å². The average molecular weight is 352 g/mol. The van der Waals surface area contributed by atoms with Crippen LogP contribution >= 0.6 is 11.8 Å². The minimum Gasteiger partial charge on any atom is -0.478 e. The molecular weight excluding hydrogens is 336 g/mol. The van der Waals surface area contributed by atoms with Crippen LogP contribution in [0.4, 0.5) is 5.69 Å². The molecule has 1 amide bonds. The molecule has 0 bridgehead atoms. The van der Waals surface area contributed by atoms with Crippen molar-refractivity contribution >= 4 is 40.6 Å². The highest BCUT2D eigenvalue weighted by atomic mass is 32.2. The number of carbonyl (C=O) groups excluding carboxylic acids is 1. The van der Waals surface area contributed by atoms with Gasteiger partial charge < -0.3 is 5.11 Å². The number of aliphatic imine (C=N–C) groups is 1. The molecule has 25 heavy (non-hydrogen) atoms. The van der Waals surface area contributed by atoms with Crippen LogP contribution in [0.15, 0.2) is 58.4 Å². The largest absolute Gasteiger partial charge is 0.478 e. The van der Waals surface area contributed by atoms with Crippen molar-refractivity contribution in [2.75, 3.05) is 7.05 Å². The Labute approximate surface area is 149 Å². The summed E-state index contributed by atoms with van der Waals surface area (Å²) in [5.74, 6) is -1.20. The number of carboxylic acids is 1. The number of thioether (sulfide) groups is 1. The van der Waals surface area contributed by atoms with Gasteiger partial charge in [0, 0.05) is 7.05 Å². The molecular formula is C19H16N2O3S. The van der Waals surface area contributed by atoms with Crippen molar-refractivity contribution in [2.45, 2.75) is 6.92 Å². The fourth-order valence-electron chi connectivity index (χ4n) is 2.42. The van der Waals surface area contributed by atoms with Crippen LogP contribution in [0, 0.1) is 6.92 Å². The fraction of sp³-hybridized carbons (Fsp3) is 0.105. The summed E-state index contributed by atoms with van der Waals surface area (Å²) in [7, 11) is 1.63. The van der Waals surface area contributed by atoms with Gasteiger partial charge in [0.05, 0.1) is 16.2 Å². The third-order valence-electron chi connectivity index (χ3n) is 3.69. The van der Waals surface area contributed by atoms with Gasteiger partial charge in [0.25, 0.3) is 5.91 Å². The number of hydrogen-bond acceptors (Lipinski definition) is 4. The molecule has 0 radical (unpaired) electrons. The normalized spacial score (nSPS) is 17.5. The van der Waals surface area contributed by atoms with E-state index in [0.717, 1.165) is 11.1 Å². The molecule has 5 nitrogen and oxygen atoms in total. The summed E-state index contributed by atoms with van der Waals surface area (Å²) in [6, 6.07) is 14.3. The van der Waals surface area contributed by atoms with Gasteiger partial charge in [-0.15, -0.1) is 0 Å². The monoisotopic (exact) mass is 352 g/mol. The van der Waals surface area contributed by atoms with E-state index in [-0.39, 0.29) is 11.5 Å². The van der Waals surface area contributed by atoms with Crippen molar-refractivity contribution in [3.63, 3.8) is 0 Å². The lowest BCUT2D eigenvalue weighted by Gasteiger charge is -2.08. The van der Waals surface area contributed by atoms with Gasteiger partial charge in [0.15, 0.2) is 5.17 Å². The lowest BCUT2D eigenvalue weighted by atomic mass is 10.1. The number of aromatic carboxylic acids is 1. The van der Waals surface area contributed by atoms with Crippen LogP contribution in [0.5, 0.6) is 0 Å². The van der Waals surface area contributed by atoms with Crippen LogP contribution in [0.2, 0.25) is 0 Å². The molecule has 2 aromatic rings. The first-order valence-corrected chi connectivity index (χ1v) is 8.42. The fourth-order valence-corrected chi connectivity index (χ4v) is 3.40. The van der Waals surface area contributed by atoms with Crippen molar-refractivity contribution in [2.24, 2.45) is 4.99 Å². The third kappa shape index (κ3) is 3.64. The Morgan fingerprint density at radius 1 is 1.20 bits per heavy atom. The van der Waals surface area contributed by atoms with Gasteiger partial charge >= 0.3 is 5.97 Å². The first kappa shape index (κ1) is 17.0. The Morgan fingerprint density at radius 3 is 2.68 bits per heavy atom. The zero-order chi connectivity index (χ0) is 18.0. The maximum absolute atomic E-state index is 12.5. The molecule has 126 valence electrons. The number of carboxylic acid groups (broad SMARTS) is 1. The molecule has 0 unspecified atom stereocenters. The number of hydrogen-bond donors (Lipinski definition) is 1. The first-order chi connectivity index (χ1) is 12.0. The van der Waals surface area contributed by atoms with E-state index in [0.29, 0.717) is 15.8 Å². The van der Waals surface area contributed by atoms with Gasteiger partial charge in [-0.1, -0.05) is 42.0 Å². The van der Waals surface area contributed by atoms with Gasteiger partial charge in [-0.3, -0.25) is 9.69 Å². The van der Waals surface area contributed by atoms with Crippen molar-refractivity contribution in [3.8, 4) is 0 Å². The zero-order valence-corrected chi connectivity index (χ0v) is 14.6. The number of benzene rings is 2. The Balaban J connectivity index is 1.95. The average Bonchev–Trinajstić information content (AvgIpc) is 2.83. The van der Waals surface area contributed by atoms with Crippen LogP contribution in [-0.2, 0) is 4.79 Å². The van der Waals surface area contributed by atoms with Crippen molar-refractivity contribution < 1.29 is 14.7 Å². The highest BCUT2D eigenvalue weighted by Crippen LogP contribution is 2.33. The molecule has 0 atom stereocenters. The van der Waals surface area contributed by atoms with Crippen molar-refractivity contribution in [1.29, 1.82) is 0 Å². The second kappa shape index (κ2) is 6.94. The Hall–Kier alpha value is -2.86. The maximum Gasteiger partial charge on any atom is 0.337 e. The second-order valence-electron chi connectivity index (χ2n) is 5.61. The molecule has 1 heterocycles.